The van der Waals surface area contributed by atoms with Crippen LogP contribution in [0.1, 0.15) is 19.4 Å². The molecule has 1 aromatic rings. The second kappa shape index (κ2) is 4.32. The van der Waals surface area contributed by atoms with Gasteiger partial charge in [-0.25, -0.2) is 0 Å². The van der Waals surface area contributed by atoms with Crippen LogP contribution in [0.15, 0.2) is 22.7 Å². The second-order valence-electron chi connectivity index (χ2n) is 3.70. The first kappa shape index (κ1) is 11.5. The maximum absolute atomic E-state index is 5.38. The lowest BCUT2D eigenvalue weighted by Gasteiger charge is -2.27. The molecule has 0 fully saturated rings. The molecular formula is C11H16BrNO. The molecule has 1 rings (SSSR count). The smallest absolute Gasteiger partial charge is 0.138 e. The molecular weight excluding hydrogens is 242 g/mol. The second-order valence-corrected chi connectivity index (χ2v) is 4.55. The van der Waals surface area contributed by atoms with E-state index in [0.29, 0.717) is 0 Å². The van der Waals surface area contributed by atoms with Crippen molar-refractivity contribution in [2.45, 2.75) is 19.4 Å². The third kappa shape index (κ3) is 2.10. The fourth-order valence-electron chi connectivity index (χ4n) is 1.34. The van der Waals surface area contributed by atoms with Gasteiger partial charge in [0.05, 0.1) is 11.6 Å². The van der Waals surface area contributed by atoms with E-state index in [4.69, 9.17) is 4.74 Å². The SMILES string of the molecule is CNC(C)(C)c1cccc(Br)c1OC. The van der Waals surface area contributed by atoms with Crippen LogP contribution in [0, 0.1) is 0 Å². The van der Waals surface area contributed by atoms with Crippen LogP contribution in [0.2, 0.25) is 0 Å². The maximum Gasteiger partial charge on any atom is 0.138 e. The number of ether oxygens (including phenoxy) is 1. The molecule has 0 aliphatic heterocycles. The summed E-state index contributed by atoms with van der Waals surface area (Å²) < 4.78 is 6.36. The maximum atomic E-state index is 5.38. The van der Waals surface area contributed by atoms with Crippen molar-refractivity contribution in [3.63, 3.8) is 0 Å². The van der Waals surface area contributed by atoms with E-state index in [1.807, 2.05) is 19.2 Å². The van der Waals surface area contributed by atoms with Crippen molar-refractivity contribution in [3.05, 3.63) is 28.2 Å². The monoisotopic (exact) mass is 257 g/mol. The topological polar surface area (TPSA) is 21.3 Å². The summed E-state index contributed by atoms with van der Waals surface area (Å²) >= 11 is 3.48. The fourth-order valence-corrected chi connectivity index (χ4v) is 1.87. The van der Waals surface area contributed by atoms with E-state index >= 15 is 0 Å². The fraction of sp³-hybridized carbons (Fsp3) is 0.455. The number of nitrogens with one attached hydrogen (secondary N) is 1. The molecule has 0 radical (unpaired) electrons. The van der Waals surface area contributed by atoms with Gasteiger partial charge < -0.3 is 10.1 Å². The highest BCUT2D eigenvalue weighted by Gasteiger charge is 2.22. The third-order valence-corrected chi connectivity index (χ3v) is 3.09. The summed E-state index contributed by atoms with van der Waals surface area (Å²) in [5.41, 5.74) is 1.06. The number of methoxy groups -OCH3 is 1. The van der Waals surface area contributed by atoms with Gasteiger partial charge in [0.25, 0.3) is 0 Å². The Bertz CT molecular complexity index is 323. The Morgan fingerprint density at radius 1 is 1.36 bits per heavy atom. The highest BCUT2D eigenvalue weighted by molar-refractivity contribution is 9.10. The van der Waals surface area contributed by atoms with Crippen molar-refractivity contribution in [2.24, 2.45) is 0 Å². The Kier molecular flexibility index (Phi) is 3.56. The lowest BCUT2D eigenvalue weighted by atomic mass is 9.94. The van der Waals surface area contributed by atoms with E-state index in [1.165, 1.54) is 0 Å². The van der Waals surface area contributed by atoms with E-state index in [-0.39, 0.29) is 5.54 Å². The van der Waals surface area contributed by atoms with Crippen LogP contribution in [0.4, 0.5) is 0 Å². The number of hydrogen-bond acceptors (Lipinski definition) is 2. The van der Waals surface area contributed by atoms with Crippen LogP contribution in [0.25, 0.3) is 0 Å². The summed E-state index contributed by atoms with van der Waals surface area (Å²) in [5, 5.41) is 3.26. The zero-order valence-corrected chi connectivity index (χ0v) is 10.6. The van der Waals surface area contributed by atoms with Crippen molar-refractivity contribution in [1.29, 1.82) is 0 Å². The summed E-state index contributed by atoms with van der Waals surface area (Å²) in [4.78, 5) is 0. The van der Waals surface area contributed by atoms with Crippen molar-refractivity contribution >= 4 is 15.9 Å². The lowest BCUT2D eigenvalue weighted by molar-refractivity contribution is 0.373. The number of halogens is 1. The van der Waals surface area contributed by atoms with E-state index in [0.717, 1.165) is 15.8 Å². The Labute approximate surface area is 93.8 Å². The molecule has 78 valence electrons. The van der Waals surface area contributed by atoms with Crippen LogP contribution in [0.3, 0.4) is 0 Å². The predicted octanol–water partition coefficient (Wildman–Crippen LogP) is 2.91. The standard InChI is InChI=1S/C11H16BrNO/c1-11(2,13-3)8-6-5-7-9(12)10(8)14-4/h5-7,13H,1-4H3. The summed E-state index contributed by atoms with van der Waals surface area (Å²) in [6.45, 7) is 4.24. The van der Waals surface area contributed by atoms with Gasteiger partial charge in [0.1, 0.15) is 5.75 Å². The van der Waals surface area contributed by atoms with Gasteiger partial charge in [0.15, 0.2) is 0 Å². The van der Waals surface area contributed by atoms with Crippen LogP contribution >= 0.6 is 15.9 Å². The van der Waals surface area contributed by atoms with Gasteiger partial charge in [-0.15, -0.1) is 0 Å². The molecule has 0 aromatic heterocycles. The summed E-state index contributed by atoms with van der Waals surface area (Å²) in [6.07, 6.45) is 0. The van der Waals surface area contributed by atoms with Gasteiger partial charge in [-0.2, -0.15) is 0 Å². The molecule has 0 saturated heterocycles. The highest BCUT2D eigenvalue weighted by atomic mass is 79.9. The Hall–Kier alpha value is -0.540. The number of para-hydroxylation sites is 1. The lowest BCUT2D eigenvalue weighted by Crippen LogP contribution is -2.33. The van der Waals surface area contributed by atoms with E-state index in [1.54, 1.807) is 7.11 Å². The number of rotatable bonds is 3. The molecule has 14 heavy (non-hydrogen) atoms. The first-order valence-electron chi connectivity index (χ1n) is 4.55. The highest BCUT2D eigenvalue weighted by Crippen LogP contribution is 2.35. The van der Waals surface area contributed by atoms with Crippen LogP contribution in [-0.4, -0.2) is 14.2 Å². The Balaban J connectivity index is 3.27. The van der Waals surface area contributed by atoms with Crippen molar-refractivity contribution in [1.82, 2.24) is 5.32 Å². The van der Waals surface area contributed by atoms with E-state index in [9.17, 15) is 0 Å². The van der Waals surface area contributed by atoms with Crippen molar-refractivity contribution in [2.75, 3.05) is 14.2 Å². The minimum atomic E-state index is -0.0882. The first-order valence-corrected chi connectivity index (χ1v) is 5.34. The van der Waals surface area contributed by atoms with Gasteiger partial charge in [0.2, 0.25) is 0 Å². The molecule has 0 spiro atoms. The molecule has 0 atom stereocenters. The van der Waals surface area contributed by atoms with Crippen LogP contribution in [-0.2, 0) is 5.54 Å². The van der Waals surface area contributed by atoms with Crippen molar-refractivity contribution in [3.8, 4) is 5.75 Å². The van der Waals surface area contributed by atoms with Gasteiger partial charge in [-0.3, -0.25) is 0 Å². The number of benzene rings is 1. The molecule has 0 bridgehead atoms. The quantitative estimate of drug-likeness (QED) is 0.900. The molecule has 0 aliphatic carbocycles. The molecule has 0 saturated carbocycles. The largest absolute Gasteiger partial charge is 0.495 e. The normalized spacial score (nSPS) is 11.5. The summed E-state index contributed by atoms with van der Waals surface area (Å²) in [7, 11) is 3.63. The van der Waals surface area contributed by atoms with Gasteiger partial charge in [0, 0.05) is 11.1 Å². The molecule has 2 nitrogen and oxygen atoms in total. The minimum absolute atomic E-state index is 0.0882. The molecule has 1 N–H and O–H groups in total. The Morgan fingerprint density at radius 3 is 2.50 bits per heavy atom. The van der Waals surface area contributed by atoms with Crippen LogP contribution < -0.4 is 10.1 Å². The van der Waals surface area contributed by atoms with E-state index in [2.05, 4.69) is 41.2 Å². The molecule has 1 aromatic carbocycles. The third-order valence-electron chi connectivity index (χ3n) is 2.47. The Morgan fingerprint density at radius 2 is 2.00 bits per heavy atom. The molecule has 0 heterocycles. The molecule has 0 aliphatic rings. The van der Waals surface area contributed by atoms with Gasteiger partial charge in [-0.1, -0.05) is 12.1 Å². The zero-order valence-electron chi connectivity index (χ0n) is 9.02. The first-order chi connectivity index (χ1) is 6.53. The summed E-state index contributed by atoms with van der Waals surface area (Å²) in [5.74, 6) is 0.895. The molecule has 0 amide bonds. The average molecular weight is 258 g/mol. The summed E-state index contributed by atoms with van der Waals surface area (Å²) in [6, 6.07) is 6.06. The minimum Gasteiger partial charge on any atom is -0.495 e. The van der Waals surface area contributed by atoms with Gasteiger partial charge >= 0.3 is 0 Å². The molecule has 3 heteroatoms. The van der Waals surface area contributed by atoms with Crippen LogP contribution in [0.5, 0.6) is 5.75 Å². The average Bonchev–Trinajstić information content (AvgIpc) is 2.17. The van der Waals surface area contributed by atoms with Gasteiger partial charge in [-0.05, 0) is 42.9 Å². The number of hydrogen-bond donors (Lipinski definition) is 1. The van der Waals surface area contributed by atoms with E-state index < -0.39 is 0 Å². The molecule has 0 unspecified atom stereocenters. The van der Waals surface area contributed by atoms with Crippen molar-refractivity contribution < 1.29 is 4.74 Å². The zero-order chi connectivity index (χ0) is 10.8. The predicted molar refractivity (Wildman–Crippen MR) is 62.8 cm³/mol.